The van der Waals surface area contributed by atoms with Gasteiger partial charge in [0.15, 0.2) is 0 Å². The van der Waals surface area contributed by atoms with E-state index in [0.717, 1.165) is 30.5 Å². The third kappa shape index (κ3) is 1.73. The van der Waals surface area contributed by atoms with E-state index in [2.05, 4.69) is 16.4 Å². The maximum absolute atomic E-state index is 11.5. The maximum atomic E-state index is 11.5. The average molecular weight is 288 g/mol. The summed E-state index contributed by atoms with van der Waals surface area (Å²) in [4.78, 5) is 16.0. The molecule has 2 aliphatic rings. The molecule has 4 nitrogen and oxygen atoms in total. The molecule has 2 fully saturated rings. The molecule has 0 amide bonds. The lowest BCUT2D eigenvalue weighted by Crippen LogP contribution is -2.39. The average Bonchev–Trinajstić information content (AvgIpc) is 3.13. The lowest BCUT2D eigenvalue weighted by Gasteiger charge is -2.29. The van der Waals surface area contributed by atoms with E-state index < -0.39 is 5.97 Å². The molecule has 2 aromatic rings. The molecule has 104 valence electrons. The van der Waals surface area contributed by atoms with Crippen molar-refractivity contribution >= 4 is 33.2 Å². The zero-order valence-electron chi connectivity index (χ0n) is 11.0. The lowest BCUT2D eigenvalue weighted by molar-refractivity contribution is -0.143. The van der Waals surface area contributed by atoms with Crippen molar-refractivity contribution in [2.24, 2.45) is 17.8 Å². The van der Waals surface area contributed by atoms with Crippen molar-refractivity contribution in [2.75, 3.05) is 5.32 Å². The van der Waals surface area contributed by atoms with Gasteiger partial charge in [-0.25, -0.2) is 4.98 Å². The lowest BCUT2D eigenvalue weighted by atomic mass is 9.84. The van der Waals surface area contributed by atoms with Gasteiger partial charge in [-0.15, -0.1) is 11.3 Å². The first-order valence-electron chi connectivity index (χ1n) is 7.05. The number of hydrogen-bond acceptors (Lipinski definition) is 4. The van der Waals surface area contributed by atoms with Crippen LogP contribution in [-0.4, -0.2) is 22.1 Å². The van der Waals surface area contributed by atoms with Crippen LogP contribution in [0.4, 0.5) is 5.82 Å². The van der Waals surface area contributed by atoms with Crippen molar-refractivity contribution in [1.29, 1.82) is 0 Å². The van der Waals surface area contributed by atoms with Crippen LogP contribution in [-0.2, 0) is 4.79 Å². The van der Waals surface area contributed by atoms with E-state index in [1.54, 1.807) is 17.5 Å². The molecular weight excluding hydrogens is 272 g/mol. The van der Waals surface area contributed by atoms with Crippen LogP contribution in [0.1, 0.15) is 19.3 Å². The summed E-state index contributed by atoms with van der Waals surface area (Å²) in [7, 11) is 0. The van der Waals surface area contributed by atoms with Crippen LogP contribution in [0.2, 0.25) is 0 Å². The molecular formula is C15H16N2O2S. The Labute approximate surface area is 120 Å². The molecule has 0 spiro atoms. The van der Waals surface area contributed by atoms with Gasteiger partial charge in [0.1, 0.15) is 5.82 Å². The fraction of sp³-hybridized carbons (Fsp3) is 0.467. The Morgan fingerprint density at radius 1 is 1.35 bits per heavy atom. The smallest absolute Gasteiger partial charge is 0.308 e. The Morgan fingerprint density at radius 2 is 2.20 bits per heavy atom. The van der Waals surface area contributed by atoms with Gasteiger partial charge in [-0.2, -0.15) is 0 Å². The van der Waals surface area contributed by atoms with E-state index in [4.69, 9.17) is 0 Å². The highest BCUT2D eigenvalue weighted by molar-refractivity contribution is 7.17. The number of fused-ring (bicyclic) bond motifs is 3. The summed E-state index contributed by atoms with van der Waals surface area (Å²) < 4.78 is 1.19. The van der Waals surface area contributed by atoms with Crippen molar-refractivity contribution < 1.29 is 9.90 Å². The Balaban J connectivity index is 1.68. The van der Waals surface area contributed by atoms with E-state index in [1.807, 2.05) is 11.4 Å². The van der Waals surface area contributed by atoms with Crippen molar-refractivity contribution in [3.05, 3.63) is 23.7 Å². The van der Waals surface area contributed by atoms with Crippen LogP contribution >= 0.6 is 11.3 Å². The number of rotatable bonds is 3. The molecule has 2 saturated carbocycles. The third-order valence-electron chi connectivity index (χ3n) is 4.88. The topological polar surface area (TPSA) is 62.2 Å². The van der Waals surface area contributed by atoms with Gasteiger partial charge in [0.2, 0.25) is 0 Å². The molecule has 2 bridgehead atoms. The standard InChI is InChI=1S/C15H16N2O2S/c18-15(19)12-8-1-2-9(7-8)13(12)17-14-10-4-6-20-11(10)3-5-16-14/h3-6,8-9,12-13H,1-2,7H2,(H,16,17)(H,18,19). The van der Waals surface area contributed by atoms with Gasteiger partial charge in [0.25, 0.3) is 0 Å². The summed E-state index contributed by atoms with van der Waals surface area (Å²) in [6.45, 7) is 0. The van der Waals surface area contributed by atoms with Crippen molar-refractivity contribution in [3.63, 3.8) is 0 Å². The number of carboxylic acid groups (broad SMARTS) is 1. The van der Waals surface area contributed by atoms with Gasteiger partial charge in [-0.1, -0.05) is 0 Å². The second-order valence-electron chi connectivity index (χ2n) is 5.86. The highest BCUT2D eigenvalue weighted by Gasteiger charge is 2.51. The van der Waals surface area contributed by atoms with E-state index in [0.29, 0.717) is 11.8 Å². The van der Waals surface area contributed by atoms with E-state index in [1.165, 1.54) is 4.70 Å². The summed E-state index contributed by atoms with van der Waals surface area (Å²) in [5.74, 6) is 0.748. The summed E-state index contributed by atoms with van der Waals surface area (Å²) in [5, 5.41) is 16.1. The number of aromatic nitrogens is 1. The molecule has 20 heavy (non-hydrogen) atoms. The number of aliphatic carboxylic acids is 1. The molecule has 4 rings (SSSR count). The minimum atomic E-state index is -0.660. The zero-order valence-corrected chi connectivity index (χ0v) is 11.8. The molecule has 4 atom stereocenters. The van der Waals surface area contributed by atoms with Gasteiger partial charge in [-0.05, 0) is 48.6 Å². The van der Waals surface area contributed by atoms with Crippen LogP contribution in [0.5, 0.6) is 0 Å². The normalized spacial score (nSPS) is 31.8. The minimum absolute atomic E-state index is 0.0317. The largest absolute Gasteiger partial charge is 0.481 e. The fourth-order valence-electron chi connectivity index (χ4n) is 4.02. The summed E-state index contributed by atoms with van der Waals surface area (Å²) in [6.07, 6.45) is 5.06. The van der Waals surface area contributed by atoms with Crippen molar-refractivity contribution in [2.45, 2.75) is 25.3 Å². The number of anilines is 1. The Kier molecular flexibility index (Phi) is 2.70. The van der Waals surface area contributed by atoms with Gasteiger partial charge in [0.05, 0.1) is 5.92 Å². The number of nitrogens with zero attached hydrogens (tertiary/aromatic N) is 1. The van der Waals surface area contributed by atoms with Crippen LogP contribution < -0.4 is 5.32 Å². The molecule has 5 heteroatoms. The van der Waals surface area contributed by atoms with Crippen LogP contribution in [0.15, 0.2) is 23.7 Å². The van der Waals surface area contributed by atoms with Crippen LogP contribution in [0.3, 0.4) is 0 Å². The summed E-state index contributed by atoms with van der Waals surface area (Å²) in [6, 6.07) is 4.09. The Morgan fingerprint density at radius 3 is 3.05 bits per heavy atom. The number of thiophene rings is 1. The number of nitrogens with one attached hydrogen (secondary N) is 1. The van der Waals surface area contributed by atoms with Crippen LogP contribution in [0, 0.1) is 17.8 Å². The maximum Gasteiger partial charge on any atom is 0.308 e. The Hall–Kier alpha value is -1.62. The number of carbonyl (C=O) groups is 1. The predicted octanol–water partition coefficient (Wildman–Crippen LogP) is 3.21. The molecule has 2 aromatic heterocycles. The summed E-state index contributed by atoms with van der Waals surface area (Å²) >= 11 is 1.69. The first kappa shape index (κ1) is 12.1. The van der Waals surface area contributed by atoms with Gasteiger partial charge in [-0.3, -0.25) is 4.79 Å². The molecule has 2 N–H and O–H groups in total. The molecule has 0 saturated heterocycles. The number of hydrogen-bond donors (Lipinski definition) is 2. The first-order chi connectivity index (χ1) is 9.74. The molecule has 0 aromatic carbocycles. The van der Waals surface area contributed by atoms with E-state index in [9.17, 15) is 9.90 Å². The van der Waals surface area contributed by atoms with E-state index >= 15 is 0 Å². The summed E-state index contributed by atoms with van der Waals surface area (Å²) in [5.41, 5.74) is 0. The Bertz CT molecular complexity index is 669. The SMILES string of the molecule is O=C(O)C1C2CCC(C2)C1Nc1nccc2sccc12. The molecule has 2 aliphatic carbocycles. The number of pyridine rings is 1. The second-order valence-corrected chi connectivity index (χ2v) is 6.81. The zero-order chi connectivity index (χ0) is 13.7. The highest BCUT2D eigenvalue weighted by Crippen LogP contribution is 2.49. The van der Waals surface area contributed by atoms with Gasteiger partial charge in [0, 0.05) is 22.3 Å². The monoisotopic (exact) mass is 288 g/mol. The molecule has 4 unspecified atom stereocenters. The second kappa shape index (κ2) is 4.45. The first-order valence-corrected chi connectivity index (χ1v) is 7.93. The third-order valence-corrected chi connectivity index (χ3v) is 5.77. The van der Waals surface area contributed by atoms with Crippen LogP contribution in [0.25, 0.3) is 10.1 Å². The van der Waals surface area contributed by atoms with Crippen molar-refractivity contribution in [1.82, 2.24) is 4.98 Å². The van der Waals surface area contributed by atoms with Gasteiger partial charge < -0.3 is 10.4 Å². The quantitative estimate of drug-likeness (QED) is 0.910. The van der Waals surface area contributed by atoms with Crippen molar-refractivity contribution in [3.8, 4) is 0 Å². The molecule has 0 aliphatic heterocycles. The van der Waals surface area contributed by atoms with Gasteiger partial charge >= 0.3 is 5.97 Å². The molecule has 0 radical (unpaired) electrons. The predicted molar refractivity (Wildman–Crippen MR) is 79.0 cm³/mol. The highest BCUT2D eigenvalue weighted by atomic mass is 32.1. The fourth-order valence-corrected chi connectivity index (χ4v) is 4.80. The number of carboxylic acids is 1. The molecule has 2 heterocycles. The minimum Gasteiger partial charge on any atom is -0.481 e. The van der Waals surface area contributed by atoms with E-state index in [-0.39, 0.29) is 12.0 Å².